The van der Waals surface area contributed by atoms with Crippen LogP contribution in [0.5, 0.6) is 5.75 Å². The van der Waals surface area contributed by atoms with Gasteiger partial charge in [-0.3, -0.25) is 4.55 Å². The van der Waals surface area contributed by atoms with Crippen LogP contribution in [0.1, 0.15) is 0 Å². The van der Waals surface area contributed by atoms with E-state index in [0.29, 0.717) is 6.07 Å². The van der Waals surface area contributed by atoms with Gasteiger partial charge >= 0.3 is 29.6 Å². The van der Waals surface area contributed by atoms with Gasteiger partial charge in [0, 0.05) is 0 Å². The molecule has 0 saturated heterocycles. The van der Waals surface area contributed by atoms with Gasteiger partial charge in [-0.05, 0) is 12.1 Å². The summed E-state index contributed by atoms with van der Waals surface area (Å²) in [6.07, 6.45) is 0. The van der Waals surface area contributed by atoms with E-state index in [1.54, 1.807) is 0 Å². The van der Waals surface area contributed by atoms with Gasteiger partial charge in [0.1, 0.15) is 0 Å². The van der Waals surface area contributed by atoms with Crippen molar-refractivity contribution in [2.24, 2.45) is 0 Å². The fourth-order valence-corrected chi connectivity index (χ4v) is 1.38. The maximum atomic E-state index is 10.9. The Labute approximate surface area is 108 Å². The maximum absolute atomic E-state index is 10.9. The summed E-state index contributed by atoms with van der Waals surface area (Å²) in [5.74, 6) is -0.741. The largest absolute Gasteiger partial charge is 1.00 e. The number of halogens is 1. The molecule has 0 aliphatic heterocycles. The first-order chi connectivity index (χ1) is 5.82. The molecule has 72 valence electrons. The summed E-state index contributed by atoms with van der Waals surface area (Å²) in [4.78, 5) is -0.556. The summed E-state index contributed by atoms with van der Waals surface area (Å²) >= 11 is 5.39. The average Bonchev–Trinajstić information content (AvgIpc) is 1.97. The molecule has 0 spiro atoms. The van der Waals surface area contributed by atoms with Crippen molar-refractivity contribution >= 4 is 27.4 Å². The van der Waals surface area contributed by atoms with E-state index in [9.17, 15) is 13.5 Å². The number of benzene rings is 1. The molecule has 0 aliphatic carbocycles. The number of nitrogens with two attached hydrogens (primary N) is 1. The average molecular weight is 246 g/mol. The minimum absolute atomic E-state index is 0. The molecular formula is C6H5ClNNaO4S. The fraction of sp³-hybridized carbons (Fsp3) is 0. The van der Waals surface area contributed by atoms with Gasteiger partial charge in [-0.25, -0.2) is 0 Å². The van der Waals surface area contributed by atoms with E-state index in [1.807, 2.05) is 0 Å². The molecular weight excluding hydrogens is 241 g/mol. The third kappa shape index (κ3) is 3.01. The Morgan fingerprint density at radius 3 is 2.29 bits per heavy atom. The number of hydrogen-bond donors (Lipinski definition) is 2. The third-order valence-corrected chi connectivity index (χ3v) is 2.57. The molecule has 0 aliphatic rings. The van der Waals surface area contributed by atoms with Crippen LogP contribution in [0.3, 0.4) is 0 Å². The first-order valence-electron chi connectivity index (χ1n) is 3.06. The molecule has 1 rings (SSSR count). The van der Waals surface area contributed by atoms with Crippen LogP contribution in [0.25, 0.3) is 0 Å². The molecule has 5 nitrogen and oxygen atoms in total. The van der Waals surface area contributed by atoms with Crippen molar-refractivity contribution in [3.8, 4) is 5.75 Å². The second kappa shape index (κ2) is 4.69. The Kier molecular flexibility index (Phi) is 4.70. The van der Waals surface area contributed by atoms with Gasteiger partial charge in [-0.15, -0.1) is 0 Å². The van der Waals surface area contributed by atoms with Gasteiger partial charge < -0.3 is 10.8 Å². The quantitative estimate of drug-likeness (QED) is 0.317. The normalized spacial score (nSPS) is 10.7. The van der Waals surface area contributed by atoms with Gasteiger partial charge in [-0.2, -0.15) is 8.42 Å². The molecule has 1 aromatic carbocycles. The zero-order chi connectivity index (χ0) is 10.2. The molecule has 0 saturated carbocycles. The molecule has 0 bridgehead atoms. The van der Waals surface area contributed by atoms with Gasteiger partial charge in [0.05, 0.1) is 15.6 Å². The van der Waals surface area contributed by atoms with Crippen LogP contribution < -0.4 is 40.4 Å². The Bertz CT molecular complexity index is 424. The molecule has 0 heterocycles. The van der Waals surface area contributed by atoms with Crippen molar-refractivity contribution < 1.29 is 47.6 Å². The standard InChI is InChI=1S/C6H6ClNO4S.Na/c7-6-4(8)1-3(2-5(6)9)13(10,11)12;/h1-2,9H,8H2,(H,10,11,12);/q;+1/p-1. The van der Waals surface area contributed by atoms with Crippen LogP contribution >= 0.6 is 11.6 Å². The minimum Gasteiger partial charge on any atom is -0.871 e. The smallest absolute Gasteiger partial charge is 0.871 e. The SMILES string of the molecule is Nc1cc(S(=O)(=O)O)cc([O-])c1Cl.[Na+]. The van der Waals surface area contributed by atoms with E-state index in [0.717, 1.165) is 6.07 Å². The molecule has 0 aromatic heterocycles. The zero-order valence-electron chi connectivity index (χ0n) is 7.19. The van der Waals surface area contributed by atoms with Crippen molar-refractivity contribution in [3.05, 3.63) is 17.2 Å². The molecule has 14 heavy (non-hydrogen) atoms. The number of hydrogen-bond acceptors (Lipinski definition) is 4. The molecule has 0 unspecified atom stereocenters. The fourth-order valence-electron chi connectivity index (χ4n) is 0.742. The van der Waals surface area contributed by atoms with Crippen molar-refractivity contribution in [1.29, 1.82) is 0 Å². The topological polar surface area (TPSA) is 103 Å². The Hall–Kier alpha value is 0.0200. The van der Waals surface area contributed by atoms with E-state index in [1.165, 1.54) is 0 Å². The van der Waals surface area contributed by atoms with Crippen molar-refractivity contribution in [2.75, 3.05) is 5.73 Å². The predicted molar refractivity (Wildman–Crippen MR) is 45.1 cm³/mol. The van der Waals surface area contributed by atoms with Crippen LogP contribution in [0.2, 0.25) is 5.02 Å². The van der Waals surface area contributed by atoms with Crippen LogP contribution in [0, 0.1) is 0 Å². The van der Waals surface area contributed by atoms with E-state index >= 15 is 0 Å². The summed E-state index contributed by atoms with van der Waals surface area (Å²) in [5, 5.41) is 10.7. The Balaban J connectivity index is 0.00000169. The summed E-state index contributed by atoms with van der Waals surface area (Å²) in [5.41, 5.74) is 5.03. The summed E-state index contributed by atoms with van der Waals surface area (Å²) in [6, 6.07) is 1.62. The van der Waals surface area contributed by atoms with E-state index < -0.39 is 20.8 Å². The summed E-state index contributed by atoms with van der Waals surface area (Å²) in [6.45, 7) is 0. The molecule has 0 radical (unpaired) electrons. The molecule has 1 aromatic rings. The van der Waals surface area contributed by atoms with E-state index in [-0.39, 0.29) is 40.3 Å². The van der Waals surface area contributed by atoms with Gasteiger partial charge in [0.2, 0.25) is 0 Å². The van der Waals surface area contributed by atoms with Crippen LogP contribution in [0.15, 0.2) is 17.0 Å². The van der Waals surface area contributed by atoms with Gasteiger partial charge in [-0.1, -0.05) is 17.4 Å². The third-order valence-electron chi connectivity index (χ3n) is 1.34. The molecule has 8 heteroatoms. The van der Waals surface area contributed by atoms with Crippen molar-refractivity contribution in [1.82, 2.24) is 0 Å². The Morgan fingerprint density at radius 1 is 1.43 bits per heavy atom. The van der Waals surface area contributed by atoms with E-state index in [2.05, 4.69) is 0 Å². The molecule has 0 amide bonds. The molecule has 0 atom stereocenters. The first kappa shape index (κ1) is 14.0. The second-order valence-corrected chi connectivity index (χ2v) is 4.10. The summed E-state index contributed by atoms with van der Waals surface area (Å²) < 4.78 is 29.7. The zero-order valence-corrected chi connectivity index (χ0v) is 10.8. The first-order valence-corrected chi connectivity index (χ1v) is 4.87. The number of rotatable bonds is 1. The predicted octanol–water partition coefficient (Wildman–Crippen LogP) is -2.75. The molecule has 0 fully saturated rings. The van der Waals surface area contributed by atoms with Crippen molar-refractivity contribution in [3.63, 3.8) is 0 Å². The van der Waals surface area contributed by atoms with Crippen LogP contribution in [-0.4, -0.2) is 13.0 Å². The maximum Gasteiger partial charge on any atom is 1.00 e. The van der Waals surface area contributed by atoms with Gasteiger partial charge in [0.15, 0.2) is 0 Å². The van der Waals surface area contributed by atoms with E-state index in [4.69, 9.17) is 21.9 Å². The van der Waals surface area contributed by atoms with Gasteiger partial charge in [0.25, 0.3) is 10.1 Å². The van der Waals surface area contributed by atoms with Crippen molar-refractivity contribution in [2.45, 2.75) is 4.90 Å². The number of nitrogen functional groups attached to an aromatic ring is 1. The number of anilines is 1. The van der Waals surface area contributed by atoms with Crippen LogP contribution in [0.4, 0.5) is 5.69 Å². The Morgan fingerprint density at radius 2 is 1.93 bits per heavy atom. The monoisotopic (exact) mass is 245 g/mol. The molecule has 3 N–H and O–H groups in total. The second-order valence-electron chi connectivity index (χ2n) is 2.30. The summed E-state index contributed by atoms with van der Waals surface area (Å²) in [7, 11) is -4.40. The van der Waals surface area contributed by atoms with Crippen LogP contribution in [-0.2, 0) is 10.1 Å². The minimum atomic E-state index is -4.40.